The van der Waals surface area contributed by atoms with Gasteiger partial charge in [0, 0.05) is 30.3 Å². The van der Waals surface area contributed by atoms with Crippen LogP contribution in [0.25, 0.3) is 0 Å². The molecule has 3 heteroatoms. The highest BCUT2D eigenvalue weighted by molar-refractivity contribution is 5.09. The van der Waals surface area contributed by atoms with E-state index in [9.17, 15) is 0 Å². The number of nitrogens with one attached hydrogen (secondary N) is 1. The van der Waals surface area contributed by atoms with Crippen LogP contribution in [0, 0.1) is 0 Å². The van der Waals surface area contributed by atoms with E-state index in [0.717, 1.165) is 18.2 Å². The smallest absolute Gasteiger partial charge is 0.107 e. The van der Waals surface area contributed by atoms with Crippen molar-refractivity contribution in [1.82, 2.24) is 9.97 Å². The van der Waals surface area contributed by atoms with Gasteiger partial charge < -0.3 is 10.7 Å². The Bertz CT molecular complexity index is 284. The minimum Gasteiger partial charge on any atom is -0.346 e. The summed E-state index contributed by atoms with van der Waals surface area (Å²) in [6.45, 7) is 2.01. The van der Waals surface area contributed by atoms with Gasteiger partial charge >= 0.3 is 0 Å². The van der Waals surface area contributed by atoms with Crippen LogP contribution in [0.2, 0.25) is 0 Å². The highest BCUT2D eigenvalue weighted by Crippen LogP contribution is 2.32. The summed E-state index contributed by atoms with van der Waals surface area (Å²) >= 11 is 0. The minimum absolute atomic E-state index is 0.192. The zero-order chi connectivity index (χ0) is 9.97. The van der Waals surface area contributed by atoms with Crippen LogP contribution in [0.5, 0.6) is 0 Å². The first-order valence-corrected chi connectivity index (χ1v) is 5.55. The average molecular weight is 193 g/mol. The van der Waals surface area contributed by atoms with Crippen molar-refractivity contribution in [3.8, 4) is 0 Å². The number of hydrogen-bond donors (Lipinski definition) is 2. The van der Waals surface area contributed by atoms with Crippen molar-refractivity contribution in [2.45, 2.75) is 51.0 Å². The average Bonchev–Trinajstić information content (AvgIpc) is 2.69. The molecule has 0 radical (unpaired) electrons. The predicted octanol–water partition coefficient (Wildman–Crippen LogP) is 1.96. The number of nitrogens with zero attached hydrogens (tertiary/aromatic N) is 1. The third-order valence-electron chi connectivity index (χ3n) is 2.96. The summed E-state index contributed by atoms with van der Waals surface area (Å²) in [6, 6.07) is 0.192. The van der Waals surface area contributed by atoms with Crippen molar-refractivity contribution in [3.05, 3.63) is 17.7 Å². The summed E-state index contributed by atoms with van der Waals surface area (Å²) in [6.07, 6.45) is 8.22. The fraction of sp³-hybridized carbons (Fsp3) is 0.727. The maximum atomic E-state index is 5.73. The molecule has 1 aromatic rings. The van der Waals surface area contributed by atoms with Crippen LogP contribution in [-0.2, 0) is 6.42 Å². The second-order valence-electron chi connectivity index (χ2n) is 4.45. The van der Waals surface area contributed by atoms with E-state index in [2.05, 4.69) is 9.97 Å². The highest BCUT2D eigenvalue weighted by atomic mass is 14.9. The van der Waals surface area contributed by atoms with E-state index in [4.69, 9.17) is 5.73 Å². The van der Waals surface area contributed by atoms with E-state index >= 15 is 0 Å². The molecule has 1 aliphatic carbocycles. The zero-order valence-corrected chi connectivity index (χ0v) is 8.79. The number of rotatable bonds is 3. The van der Waals surface area contributed by atoms with Crippen LogP contribution in [-0.4, -0.2) is 16.0 Å². The number of aromatic amines is 1. The molecule has 1 atom stereocenters. The molecular weight excluding hydrogens is 174 g/mol. The van der Waals surface area contributed by atoms with E-state index in [1.54, 1.807) is 0 Å². The van der Waals surface area contributed by atoms with Gasteiger partial charge in [-0.1, -0.05) is 12.8 Å². The van der Waals surface area contributed by atoms with Gasteiger partial charge in [0.1, 0.15) is 5.82 Å². The molecule has 0 saturated heterocycles. The fourth-order valence-corrected chi connectivity index (χ4v) is 2.23. The largest absolute Gasteiger partial charge is 0.346 e. The van der Waals surface area contributed by atoms with Crippen molar-refractivity contribution < 1.29 is 0 Å². The molecule has 0 aliphatic heterocycles. The first-order valence-electron chi connectivity index (χ1n) is 5.55. The van der Waals surface area contributed by atoms with Crippen molar-refractivity contribution >= 4 is 0 Å². The Labute approximate surface area is 85.1 Å². The van der Waals surface area contributed by atoms with Crippen molar-refractivity contribution in [2.24, 2.45) is 5.73 Å². The van der Waals surface area contributed by atoms with Crippen molar-refractivity contribution in [3.63, 3.8) is 0 Å². The van der Waals surface area contributed by atoms with Gasteiger partial charge in [0.15, 0.2) is 0 Å². The lowest BCUT2D eigenvalue weighted by molar-refractivity contribution is 0.683. The molecule has 3 N–H and O–H groups in total. The van der Waals surface area contributed by atoms with Crippen LogP contribution in [0.3, 0.4) is 0 Å². The van der Waals surface area contributed by atoms with E-state index in [1.165, 1.54) is 31.4 Å². The lowest BCUT2D eigenvalue weighted by Gasteiger charge is -2.05. The predicted molar refractivity (Wildman–Crippen MR) is 57.2 cm³/mol. The van der Waals surface area contributed by atoms with Gasteiger partial charge in [-0.2, -0.15) is 0 Å². The summed E-state index contributed by atoms with van der Waals surface area (Å²) in [5, 5.41) is 0. The highest BCUT2D eigenvalue weighted by Gasteiger charge is 2.18. The van der Waals surface area contributed by atoms with Crippen LogP contribution >= 0.6 is 0 Å². The molecule has 0 spiro atoms. The number of imidazole rings is 1. The van der Waals surface area contributed by atoms with Gasteiger partial charge in [0.25, 0.3) is 0 Å². The lowest BCUT2D eigenvalue weighted by atomic mass is 10.1. The molecule has 78 valence electrons. The summed E-state index contributed by atoms with van der Waals surface area (Å²) in [7, 11) is 0. The van der Waals surface area contributed by atoms with Crippen molar-refractivity contribution in [2.75, 3.05) is 0 Å². The molecule has 0 aromatic carbocycles. The summed E-state index contributed by atoms with van der Waals surface area (Å²) in [4.78, 5) is 7.76. The molecule has 1 unspecified atom stereocenters. The van der Waals surface area contributed by atoms with Crippen LogP contribution < -0.4 is 5.73 Å². The molecule has 1 saturated carbocycles. The molecular formula is C11H19N3. The zero-order valence-electron chi connectivity index (χ0n) is 8.79. The van der Waals surface area contributed by atoms with Crippen LogP contribution in [0.4, 0.5) is 0 Å². The number of nitrogens with two attached hydrogens (primary N) is 1. The fourth-order valence-electron chi connectivity index (χ4n) is 2.23. The Morgan fingerprint density at radius 3 is 2.93 bits per heavy atom. The number of hydrogen-bond acceptors (Lipinski definition) is 2. The van der Waals surface area contributed by atoms with Gasteiger partial charge in [-0.25, -0.2) is 4.98 Å². The molecule has 1 heterocycles. The third kappa shape index (κ3) is 2.15. The Hall–Kier alpha value is -0.830. The van der Waals surface area contributed by atoms with E-state index in [-0.39, 0.29) is 6.04 Å². The second-order valence-corrected chi connectivity index (χ2v) is 4.45. The topological polar surface area (TPSA) is 54.7 Å². The summed E-state index contributed by atoms with van der Waals surface area (Å²) in [5.74, 6) is 1.77. The van der Waals surface area contributed by atoms with Crippen LogP contribution in [0.1, 0.15) is 50.0 Å². The SMILES string of the molecule is CC(N)Cc1ncc(C2CCCC2)[nH]1. The quantitative estimate of drug-likeness (QED) is 0.771. The minimum atomic E-state index is 0.192. The summed E-state index contributed by atoms with van der Waals surface area (Å²) in [5.41, 5.74) is 7.04. The van der Waals surface area contributed by atoms with Gasteiger partial charge in [-0.3, -0.25) is 0 Å². The molecule has 3 nitrogen and oxygen atoms in total. The molecule has 0 amide bonds. The summed E-state index contributed by atoms with van der Waals surface area (Å²) < 4.78 is 0. The second kappa shape index (κ2) is 4.13. The normalized spacial score (nSPS) is 20.1. The Kier molecular flexibility index (Phi) is 2.87. The standard InChI is InChI=1S/C11H19N3/c1-8(12)6-11-13-7-10(14-11)9-4-2-3-5-9/h7-9H,2-6,12H2,1H3,(H,13,14). The molecule has 14 heavy (non-hydrogen) atoms. The van der Waals surface area contributed by atoms with E-state index in [0.29, 0.717) is 0 Å². The Morgan fingerprint density at radius 2 is 2.29 bits per heavy atom. The lowest BCUT2D eigenvalue weighted by Crippen LogP contribution is -2.18. The number of H-pyrrole nitrogens is 1. The molecule has 1 aromatic heterocycles. The first-order chi connectivity index (χ1) is 6.75. The molecule has 2 rings (SSSR count). The molecule has 1 fully saturated rings. The van der Waals surface area contributed by atoms with Gasteiger partial charge in [-0.15, -0.1) is 0 Å². The monoisotopic (exact) mass is 193 g/mol. The van der Waals surface area contributed by atoms with E-state index in [1.807, 2.05) is 13.1 Å². The third-order valence-corrected chi connectivity index (χ3v) is 2.96. The first kappa shape index (κ1) is 9.71. The van der Waals surface area contributed by atoms with E-state index < -0.39 is 0 Å². The van der Waals surface area contributed by atoms with Gasteiger partial charge in [0.05, 0.1) is 0 Å². The van der Waals surface area contributed by atoms with Gasteiger partial charge in [-0.05, 0) is 19.8 Å². The van der Waals surface area contributed by atoms with Gasteiger partial charge in [0.2, 0.25) is 0 Å². The Balaban J connectivity index is 2.01. The molecule has 0 bridgehead atoms. The Morgan fingerprint density at radius 1 is 1.57 bits per heavy atom. The number of aromatic nitrogens is 2. The molecule has 1 aliphatic rings. The van der Waals surface area contributed by atoms with Crippen molar-refractivity contribution in [1.29, 1.82) is 0 Å². The maximum Gasteiger partial charge on any atom is 0.107 e. The van der Waals surface area contributed by atoms with Crippen LogP contribution in [0.15, 0.2) is 6.20 Å². The maximum absolute atomic E-state index is 5.73.